The average molecular weight is 408 g/mol. The molecule has 29 heavy (non-hydrogen) atoms. The lowest BCUT2D eigenvalue weighted by molar-refractivity contribution is 0.102. The molecule has 5 heteroatoms. The van der Waals surface area contributed by atoms with Crippen LogP contribution in [0.5, 0.6) is 0 Å². The highest BCUT2D eigenvalue weighted by molar-refractivity contribution is 8.00. The number of carbonyl (C=O) groups is 1. The Morgan fingerprint density at radius 3 is 2.62 bits per heavy atom. The number of rotatable bonds is 5. The van der Waals surface area contributed by atoms with Crippen LogP contribution >= 0.6 is 11.8 Å². The molecule has 3 fully saturated rings. The molecule has 1 spiro atoms. The second kappa shape index (κ2) is 8.02. The van der Waals surface area contributed by atoms with Gasteiger partial charge < -0.3 is 10.2 Å². The first-order chi connectivity index (χ1) is 14.2. The zero-order valence-corrected chi connectivity index (χ0v) is 17.7. The van der Waals surface area contributed by atoms with Gasteiger partial charge >= 0.3 is 0 Å². The summed E-state index contributed by atoms with van der Waals surface area (Å²) in [4.78, 5) is 21.2. The maximum absolute atomic E-state index is 13.1. The summed E-state index contributed by atoms with van der Waals surface area (Å²) in [5.74, 6) is 0.764. The molecule has 152 valence electrons. The Hall–Kier alpha value is -2.01. The number of benzene rings is 1. The lowest BCUT2D eigenvalue weighted by Crippen LogP contribution is -2.36. The van der Waals surface area contributed by atoms with Crippen molar-refractivity contribution in [3.05, 3.63) is 48.2 Å². The van der Waals surface area contributed by atoms with Gasteiger partial charge in [0.1, 0.15) is 5.82 Å². The number of nitrogens with one attached hydrogen (secondary N) is 1. The number of aromatic nitrogens is 1. The molecule has 2 saturated carbocycles. The quantitative estimate of drug-likeness (QED) is 0.685. The number of anilines is 2. The van der Waals surface area contributed by atoms with Crippen molar-refractivity contribution in [3.8, 4) is 0 Å². The number of hydrogen-bond acceptors (Lipinski definition) is 4. The number of hydrogen-bond donors (Lipinski definition) is 1. The van der Waals surface area contributed by atoms with Gasteiger partial charge in [0.15, 0.2) is 0 Å². The van der Waals surface area contributed by atoms with E-state index in [0.717, 1.165) is 29.8 Å². The van der Waals surface area contributed by atoms with E-state index in [0.29, 0.717) is 11.0 Å². The van der Waals surface area contributed by atoms with Crippen molar-refractivity contribution in [3.63, 3.8) is 0 Å². The van der Waals surface area contributed by atoms with Crippen LogP contribution in [0.15, 0.2) is 47.5 Å². The molecule has 4 nitrogen and oxygen atoms in total. The van der Waals surface area contributed by atoms with E-state index >= 15 is 0 Å². The van der Waals surface area contributed by atoms with Crippen molar-refractivity contribution in [2.24, 2.45) is 5.41 Å². The summed E-state index contributed by atoms with van der Waals surface area (Å²) in [6.07, 6.45) is 12.3. The van der Waals surface area contributed by atoms with E-state index in [1.807, 2.05) is 36.0 Å². The maximum Gasteiger partial charge on any atom is 0.259 e. The van der Waals surface area contributed by atoms with Crippen LogP contribution in [-0.4, -0.2) is 29.2 Å². The van der Waals surface area contributed by atoms with Gasteiger partial charge in [-0.3, -0.25) is 4.79 Å². The standard InChI is InChI=1S/C24H29N3OS/c28-23(26-18-5-3-8-20(17-18)29-19-6-1-2-7-19)21-9-4-14-25-22(21)27-15-12-24(10-11-24)13-16-27/h3-5,8-9,14,17,19H,1-2,6-7,10-13,15-16H2,(H,26,28). The molecular weight excluding hydrogens is 378 g/mol. The van der Waals surface area contributed by atoms with Crippen LogP contribution in [-0.2, 0) is 0 Å². The minimum Gasteiger partial charge on any atom is -0.356 e. The van der Waals surface area contributed by atoms with Crippen LogP contribution in [0.4, 0.5) is 11.5 Å². The second-order valence-corrected chi connectivity index (χ2v) is 10.2. The van der Waals surface area contributed by atoms with E-state index in [1.54, 1.807) is 6.20 Å². The predicted octanol–water partition coefficient (Wildman–Crippen LogP) is 5.75. The zero-order valence-electron chi connectivity index (χ0n) is 16.9. The number of pyridine rings is 1. The van der Waals surface area contributed by atoms with Crippen molar-refractivity contribution in [2.75, 3.05) is 23.3 Å². The van der Waals surface area contributed by atoms with Crippen LogP contribution in [0, 0.1) is 5.41 Å². The molecule has 0 bridgehead atoms. The molecular formula is C24H29N3OS. The van der Waals surface area contributed by atoms with E-state index in [2.05, 4.69) is 27.3 Å². The van der Waals surface area contributed by atoms with Gasteiger partial charge in [-0.05, 0) is 74.3 Å². The minimum atomic E-state index is -0.0668. The molecule has 1 aromatic carbocycles. The van der Waals surface area contributed by atoms with E-state index in [-0.39, 0.29) is 5.91 Å². The first kappa shape index (κ1) is 19.0. The summed E-state index contributed by atoms with van der Waals surface area (Å²) in [5, 5.41) is 3.83. The predicted molar refractivity (Wildman–Crippen MR) is 120 cm³/mol. The van der Waals surface area contributed by atoms with E-state index < -0.39 is 0 Å². The molecule has 0 atom stereocenters. The SMILES string of the molecule is O=C(Nc1cccc(SC2CCCC2)c1)c1cccnc1N1CCC2(CC1)CC2. The van der Waals surface area contributed by atoms with Crippen LogP contribution in [0.25, 0.3) is 0 Å². The van der Waals surface area contributed by atoms with E-state index in [1.165, 1.54) is 56.3 Å². The first-order valence-corrected chi connectivity index (χ1v) is 11.9. The van der Waals surface area contributed by atoms with E-state index in [4.69, 9.17) is 0 Å². The average Bonchev–Trinajstić information content (AvgIpc) is 3.29. The van der Waals surface area contributed by atoms with Gasteiger partial charge in [-0.15, -0.1) is 11.8 Å². The fourth-order valence-electron chi connectivity index (χ4n) is 4.74. The highest BCUT2D eigenvalue weighted by Crippen LogP contribution is 2.53. The van der Waals surface area contributed by atoms with Crippen LogP contribution in [0.2, 0.25) is 0 Å². The fraction of sp³-hybridized carbons (Fsp3) is 0.500. The number of carbonyl (C=O) groups excluding carboxylic acids is 1. The van der Waals surface area contributed by atoms with Crippen molar-refractivity contribution in [1.29, 1.82) is 0 Å². The summed E-state index contributed by atoms with van der Waals surface area (Å²) >= 11 is 1.95. The lowest BCUT2D eigenvalue weighted by atomic mass is 9.93. The number of amides is 1. The minimum absolute atomic E-state index is 0.0668. The van der Waals surface area contributed by atoms with Gasteiger partial charge in [0.25, 0.3) is 5.91 Å². The Bertz CT molecular complexity index is 879. The highest BCUT2D eigenvalue weighted by Gasteiger charge is 2.44. The van der Waals surface area contributed by atoms with Crippen molar-refractivity contribution >= 4 is 29.2 Å². The Morgan fingerprint density at radius 1 is 1.07 bits per heavy atom. The fourth-order valence-corrected chi connectivity index (χ4v) is 6.05. The summed E-state index contributed by atoms with van der Waals surface area (Å²) in [5.41, 5.74) is 2.15. The molecule has 1 saturated heterocycles. The number of thioether (sulfide) groups is 1. The Balaban J connectivity index is 1.28. The van der Waals surface area contributed by atoms with Crippen LogP contribution in [0.1, 0.15) is 61.7 Å². The lowest BCUT2D eigenvalue weighted by Gasteiger charge is -2.33. The maximum atomic E-state index is 13.1. The largest absolute Gasteiger partial charge is 0.356 e. The molecule has 0 radical (unpaired) electrons. The molecule has 0 unspecified atom stereocenters. The van der Waals surface area contributed by atoms with Crippen LogP contribution in [0.3, 0.4) is 0 Å². The van der Waals surface area contributed by atoms with Crippen molar-refractivity contribution in [1.82, 2.24) is 4.98 Å². The third-order valence-electron chi connectivity index (χ3n) is 6.81. The second-order valence-electron chi connectivity index (χ2n) is 8.87. The Labute approximate surface area is 177 Å². The Kier molecular flexibility index (Phi) is 5.25. The summed E-state index contributed by atoms with van der Waals surface area (Å²) in [6, 6.07) is 12.0. The first-order valence-electron chi connectivity index (χ1n) is 11.0. The van der Waals surface area contributed by atoms with Gasteiger partial charge in [-0.2, -0.15) is 0 Å². The molecule has 1 N–H and O–H groups in total. The molecule has 2 heterocycles. The normalized spacial score (nSPS) is 20.8. The van der Waals surface area contributed by atoms with Gasteiger partial charge in [0.2, 0.25) is 0 Å². The van der Waals surface area contributed by atoms with Gasteiger partial charge in [-0.25, -0.2) is 4.98 Å². The van der Waals surface area contributed by atoms with Crippen LogP contribution < -0.4 is 10.2 Å². The molecule has 2 aromatic rings. The number of piperidine rings is 1. The van der Waals surface area contributed by atoms with Gasteiger partial charge in [0.05, 0.1) is 5.56 Å². The Morgan fingerprint density at radius 2 is 1.86 bits per heavy atom. The third kappa shape index (κ3) is 4.30. The summed E-state index contributed by atoms with van der Waals surface area (Å²) in [7, 11) is 0. The molecule has 1 aromatic heterocycles. The molecule has 1 aliphatic heterocycles. The van der Waals surface area contributed by atoms with Gasteiger partial charge in [-0.1, -0.05) is 18.9 Å². The topological polar surface area (TPSA) is 45.2 Å². The zero-order chi connectivity index (χ0) is 19.7. The number of nitrogens with zero attached hydrogens (tertiary/aromatic N) is 2. The van der Waals surface area contributed by atoms with E-state index in [9.17, 15) is 4.79 Å². The van der Waals surface area contributed by atoms with Crippen molar-refractivity contribution in [2.45, 2.75) is 61.5 Å². The molecule has 1 amide bonds. The third-order valence-corrected chi connectivity index (χ3v) is 8.14. The highest BCUT2D eigenvalue weighted by atomic mass is 32.2. The van der Waals surface area contributed by atoms with Crippen molar-refractivity contribution < 1.29 is 4.79 Å². The van der Waals surface area contributed by atoms with Gasteiger partial charge in [0, 0.05) is 35.1 Å². The molecule has 5 rings (SSSR count). The molecule has 3 aliphatic rings. The smallest absolute Gasteiger partial charge is 0.259 e. The monoisotopic (exact) mass is 407 g/mol. The molecule has 2 aliphatic carbocycles. The summed E-state index contributed by atoms with van der Waals surface area (Å²) in [6.45, 7) is 2.01. The summed E-state index contributed by atoms with van der Waals surface area (Å²) < 4.78 is 0.